The van der Waals surface area contributed by atoms with Crippen LogP contribution in [-0.2, 0) is 16.1 Å². The molecule has 1 fully saturated rings. The molecule has 2 rings (SSSR count). The largest absolute Gasteiger partial charge is 0.496 e. The summed E-state index contributed by atoms with van der Waals surface area (Å²) in [6, 6.07) is 8.14. The number of piperidine rings is 1. The lowest BCUT2D eigenvalue weighted by molar-refractivity contribution is -0.142. The first-order valence-corrected chi connectivity index (χ1v) is 7.14. The van der Waals surface area contributed by atoms with E-state index in [2.05, 4.69) is 11.0 Å². The van der Waals surface area contributed by atoms with Crippen LogP contribution in [0.25, 0.3) is 0 Å². The molecule has 1 heterocycles. The molecule has 1 aromatic rings. The number of esters is 1. The lowest BCUT2D eigenvalue weighted by atomic mass is 9.93. The fourth-order valence-corrected chi connectivity index (χ4v) is 2.74. The third-order valence-corrected chi connectivity index (χ3v) is 3.98. The first kappa shape index (κ1) is 17.8. The molecule has 0 atom stereocenters. The summed E-state index contributed by atoms with van der Waals surface area (Å²) in [6.45, 7) is 2.97. The summed E-state index contributed by atoms with van der Waals surface area (Å²) < 4.78 is 10.1. The Morgan fingerprint density at radius 2 is 1.90 bits per heavy atom. The van der Waals surface area contributed by atoms with E-state index >= 15 is 0 Å². The molecule has 1 aromatic carbocycles. The number of hydrogen-bond acceptors (Lipinski definition) is 4. The number of para-hydroxylation sites is 1. The van der Waals surface area contributed by atoms with Gasteiger partial charge in [0.2, 0.25) is 0 Å². The van der Waals surface area contributed by atoms with E-state index in [9.17, 15) is 4.79 Å². The molecule has 0 N–H and O–H groups in total. The van der Waals surface area contributed by atoms with Crippen LogP contribution in [0.2, 0.25) is 0 Å². The van der Waals surface area contributed by atoms with Gasteiger partial charge in [-0.3, -0.25) is 9.69 Å². The highest BCUT2D eigenvalue weighted by Crippen LogP contribution is 2.25. The summed E-state index contributed by atoms with van der Waals surface area (Å²) in [6.07, 6.45) is 2.67. The molecule has 21 heavy (non-hydrogen) atoms. The molecule has 0 spiro atoms. The van der Waals surface area contributed by atoms with Gasteiger partial charge in [-0.15, -0.1) is 12.4 Å². The van der Waals surface area contributed by atoms with Crippen LogP contribution in [0.4, 0.5) is 0 Å². The summed E-state index contributed by atoms with van der Waals surface area (Å²) in [5.74, 6) is 1.33. The molecule has 0 unspecified atom stereocenters. The Morgan fingerprint density at radius 3 is 2.52 bits per heavy atom. The van der Waals surface area contributed by atoms with E-state index in [0.29, 0.717) is 12.3 Å². The standard InChI is InChI=1S/C16H23NO3.ClH/c1-19-15-6-4-3-5-14(15)12-17-9-7-13(8-10-17)11-16(18)20-2;/h3-6,13H,7-12H2,1-2H3;1H. The highest BCUT2D eigenvalue weighted by molar-refractivity contribution is 5.85. The molecule has 0 radical (unpaired) electrons. The topological polar surface area (TPSA) is 38.8 Å². The van der Waals surface area contributed by atoms with Crippen molar-refractivity contribution >= 4 is 18.4 Å². The van der Waals surface area contributed by atoms with Crippen molar-refractivity contribution in [3.8, 4) is 5.75 Å². The van der Waals surface area contributed by atoms with Gasteiger partial charge in [0, 0.05) is 18.5 Å². The first-order chi connectivity index (χ1) is 9.72. The Morgan fingerprint density at radius 1 is 1.24 bits per heavy atom. The van der Waals surface area contributed by atoms with Crippen LogP contribution >= 0.6 is 12.4 Å². The van der Waals surface area contributed by atoms with Crippen molar-refractivity contribution in [3.05, 3.63) is 29.8 Å². The molecule has 0 amide bonds. The van der Waals surface area contributed by atoms with Gasteiger partial charge in [0.15, 0.2) is 0 Å². The zero-order valence-corrected chi connectivity index (χ0v) is 13.5. The maximum absolute atomic E-state index is 11.3. The SMILES string of the molecule is COC(=O)CC1CCN(Cc2ccccc2OC)CC1.Cl. The predicted molar refractivity (Wildman–Crippen MR) is 84.9 cm³/mol. The van der Waals surface area contributed by atoms with Gasteiger partial charge in [0.05, 0.1) is 14.2 Å². The van der Waals surface area contributed by atoms with E-state index in [1.165, 1.54) is 12.7 Å². The van der Waals surface area contributed by atoms with E-state index in [4.69, 9.17) is 9.47 Å². The van der Waals surface area contributed by atoms with Gasteiger partial charge in [0.1, 0.15) is 5.75 Å². The second-order valence-electron chi connectivity index (χ2n) is 5.31. The van der Waals surface area contributed by atoms with Crippen LogP contribution in [0, 0.1) is 5.92 Å². The van der Waals surface area contributed by atoms with Crippen molar-refractivity contribution in [1.82, 2.24) is 4.90 Å². The van der Waals surface area contributed by atoms with E-state index < -0.39 is 0 Å². The predicted octanol–water partition coefficient (Wildman–Crippen LogP) is 2.89. The van der Waals surface area contributed by atoms with Crippen LogP contribution in [0.1, 0.15) is 24.8 Å². The zero-order chi connectivity index (χ0) is 14.4. The smallest absolute Gasteiger partial charge is 0.305 e. The number of hydrogen-bond donors (Lipinski definition) is 0. The van der Waals surface area contributed by atoms with Crippen LogP contribution < -0.4 is 4.74 Å². The second kappa shape index (κ2) is 8.90. The molecule has 1 saturated heterocycles. The highest BCUT2D eigenvalue weighted by Gasteiger charge is 2.22. The third kappa shape index (κ3) is 5.21. The van der Waals surface area contributed by atoms with Crippen molar-refractivity contribution in [3.63, 3.8) is 0 Å². The average molecular weight is 314 g/mol. The van der Waals surface area contributed by atoms with Crippen LogP contribution in [0.3, 0.4) is 0 Å². The average Bonchev–Trinajstić information content (AvgIpc) is 2.49. The fourth-order valence-electron chi connectivity index (χ4n) is 2.74. The molecular weight excluding hydrogens is 290 g/mol. The monoisotopic (exact) mass is 313 g/mol. The summed E-state index contributed by atoms with van der Waals surface area (Å²) >= 11 is 0. The Labute approximate surface area is 132 Å². The van der Waals surface area contributed by atoms with Crippen molar-refractivity contribution in [2.24, 2.45) is 5.92 Å². The summed E-state index contributed by atoms with van der Waals surface area (Å²) in [5, 5.41) is 0. The lowest BCUT2D eigenvalue weighted by Crippen LogP contribution is -2.34. The van der Waals surface area contributed by atoms with Gasteiger partial charge in [-0.25, -0.2) is 0 Å². The highest BCUT2D eigenvalue weighted by atomic mass is 35.5. The van der Waals surface area contributed by atoms with Crippen molar-refractivity contribution in [1.29, 1.82) is 0 Å². The Kier molecular flexibility index (Phi) is 7.54. The van der Waals surface area contributed by atoms with Gasteiger partial charge in [-0.05, 0) is 37.9 Å². The number of ether oxygens (including phenoxy) is 2. The van der Waals surface area contributed by atoms with Crippen LogP contribution in [-0.4, -0.2) is 38.2 Å². The lowest BCUT2D eigenvalue weighted by Gasteiger charge is -2.31. The molecule has 0 saturated carbocycles. The number of carbonyl (C=O) groups excluding carboxylic acids is 1. The normalized spacial score (nSPS) is 16.1. The number of halogens is 1. The maximum atomic E-state index is 11.3. The van der Waals surface area contributed by atoms with Crippen LogP contribution in [0.15, 0.2) is 24.3 Å². The van der Waals surface area contributed by atoms with Crippen molar-refractivity contribution < 1.29 is 14.3 Å². The molecule has 1 aliphatic heterocycles. The minimum Gasteiger partial charge on any atom is -0.496 e. The molecule has 0 bridgehead atoms. The quantitative estimate of drug-likeness (QED) is 0.784. The summed E-state index contributed by atoms with van der Waals surface area (Å²) in [7, 11) is 3.17. The molecule has 5 heteroatoms. The van der Waals surface area contributed by atoms with Gasteiger partial charge in [-0.2, -0.15) is 0 Å². The Bertz CT molecular complexity index is 445. The minimum absolute atomic E-state index is 0. The Balaban J connectivity index is 0.00000220. The van der Waals surface area contributed by atoms with Crippen molar-refractivity contribution in [2.45, 2.75) is 25.8 Å². The number of likely N-dealkylation sites (tertiary alicyclic amines) is 1. The minimum atomic E-state index is -0.0896. The molecule has 0 aromatic heterocycles. The molecule has 0 aliphatic carbocycles. The zero-order valence-electron chi connectivity index (χ0n) is 12.7. The Hall–Kier alpha value is -1.26. The number of nitrogens with zero attached hydrogens (tertiary/aromatic N) is 1. The first-order valence-electron chi connectivity index (χ1n) is 7.14. The second-order valence-corrected chi connectivity index (χ2v) is 5.31. The molecule has 4 nitrogen and oxygen atoms in total. The van der Waals surface area contributed by atoms with E-state index in [1.807, 2.05) is 18.2 Å². The van der Waals surface area contributed by atoms with Gasteiger partial charge < -0.3 is 9.47 Å². The molecular formula is C16H24ClNO3. The van der Waals surface area contributed by atoms with Gasteiger partial charge >= 0.3 is 5.97 Å². The van der Waals surface area contributed by atoms with Crippen molar-refractivity contribution in [2.75, 3.05) is 27.3 Å². The van der Waals surface area contributed by atoms with E-state index in [-0.39, 0.29) is 18.4 Å². The molecule has 118 valence electrons. The van der Waals surface area contributed by atoms with Crippen LogP contribution in [0.5, 0.6) is 5.75 Å². The fraction of sp³-hybridized carbons (Fsp3) is 0.562. The number of benzene rings is 1. The number of carbonyl (C=O) groups is 1. The van der Waals surface area contributed by atoms with E-state index in [1.54, 1.807) is 7.11 Å². The third-order valence-electron chi connectivity index (χ3n) is 3.98. The number of methoxy groups -OCH3 is 2. The molecule has 1 aliphatic rings. The van der Waals surface area contributed by atoms with Gasteiger partial charge in [-0.1, -0.05) is 18.2 Å². The summed E-state index contributed by atoms with van der Waals surface area (Å²) in [4.78, 5) is 13.7. The van der Waals surface area contributed by atoms with E-state index in [0.717, 1.165) is 38.2 Å². The maximum Gasteiger partial charge on any atom is 0.305 e. The summed E-state index contributed by atoms with van der Waals surface area (Å²) in [5.41, 5.74) is 1.22. The number of rotatable bonds is 5. The van der Waals surface area contributed by atoms with Gasteiger partial charge in [0.25, 0.3) is 0 Å².